The van der Waals surface area contributed by atoms with Gasteiger partial charge in [-0.2, -0.15) is 0 Å². The number of benzene rings is 1. The zero-order valence-electron chi connectivity index (χ0n) is 17.2. The molecule has 0 bridgehead atoms. The van der Waals surface area contributed by atoms with E-state index in [9.17, 15) is 14.4 Å². The number of hydrogen-bond acceptors (Lipinski definition) is 3. The van der Waals surface area contributed by atoms with Crippen LogP contribution in [0.3, 0.4) is 0 Å². The van der Waals surface area contributed by atoms with E-state index in [1.807, 2.05) is 6.07 Å². The lowest BCUT2D eigenvalue weighted by molar-refractivity contribution is -0.135. The predicted molar refractivity (Wildman–Crippen MR) is 110 cm³/mol. The Hall–Kier alpha value is -2.37. The van der Waals surface area contributed by atoms with Crippen LogP contribution in [0.4, 0.5) is 0 Å². The van der Waals surface area contributed by atoms with Crippen LogP contribution in [0.15, 0.2) is 23.0 Å². The van der Waals surface area contributed by atoms with Gasteiger partial charge in [-0.1, -0.05) is 45.6 Å². The van der Waals surface area contributed by atoms with E-state index in [0.717, 1.165) is 30.3 Å². The van der Waals surface area contributed by atoms with Gasteiger partial charge in [0.1, 0.15) is 6.04 Å². The van der Waals surface area contributed by atoms with Crippen LogP contribution < -0.4 is 11.0 Å². The first-order chi connectivity index (χ1) is 13.5. The number of fused-ring (bicyclic) bond motifs is 1. The second kappa shape index (κ2) is 8.76. The van der Waals surface area contributed by atoms with E-state index in [1.54, 1.807) is 16.2 Å². The number of carbonyl (C=O) groups excluding carboxylic acids is 2. The molecule has 0 radical (unpaired) electrons. The predicted octanol–water partition coefficient (Wildman–Crippen LogP) is 3.78. The minimum atomic E-state index is -0.629. The van der Waals surface area contributed by atoms with Gasteiger partial charge in [0.15, 0.2) is 0 Å². The molecule has 1 saturated heterocycles. The topological polar surface area (TPSA) is 73.1 Å². The Labute approximate surface area is 165 Å². The van der Waals surface area contributed by atoms with Gasteiger partial charge in [0, 0.05) is 13.5 Å². The van der Waals surface area contributed by atoms with Crippen LogP contribution in [-0.2, 0) is 16.6 Å². The Bertz CT molecular complexity index is 925. The van der Waals surface area contributed by atoms with Gasteiger partial charge in [0.25, 0.3) is 0 Å². The van der Waals surface area contributed by atoms with E-state index >= 15 is 0 Å². The number of aryl methyl sites for hydroxylation is 1. The number of imidazole rings is 1. The molecule has 2 aromatic rings. The lowest BCUT2D eigenvalue weighted by Gasteiger charge is -2.22. The number of nitrogens with zero attached hydrogens (tertiary/aromatic N) is 2. The lowest BCUT2D eigenvalue weighted by Crippen LogP contribution is -2.44. The molecular weight excluding hydrogens is 354 g/mol. The SMILES string of the molecule is CCCCCC(CCC)c1ccc2c(c1)n(C)c(=O)n2C1CCC(=O)NC1=O. The van der Waals surface area contributed by atoms with Gasteiger partial charge in [-0.15, -0.1) is 0 Å². The molecule has 1 N–H and O–H groups in total. The number of rotatable bonds is 8. The summed E-state index contributed by atoms with van der Waals surface area (Å²) < 4.78 is 3.17. The Kier molecular flexibility index (Phi) is 6.37. The highest BCUT2D eigenvalue weighted by Gasteiger charge is 2.31. The summed E-state index contributed by atoms with van der Waals surface area (Å²) >= 11 is 0. The maximum atomic E-state index is 12.9. The summed E-state index contributed by atoms with van der Waals surface area (Å²) in [5.74, 6) is -0.167. The molecule has 1 fully saturated rings. The van der Waals surface area contributed by atoms with E-state index in [0.29, 0.717) is 12.3 Å². The number of carbonyl (C=O) groups is 2. The normalized spacial score (nSPS) is 18.5. The molecule has 2 atom stereocenters. The number of amides is 2. The molecule has 28 heavy (non-hydrogen) atoms. The third-order valence-corrected chi connectivity index (χ3v) is 5.90. The quantitative estimate of drug-likeness (QED) is 0.555. The molecule has 152 valence electrons. The highest BCUT2D eigenvalue weighted by molar-refractivity contribution is 6.00. The minimum absolute atomic E-state index is 0.209. The summed E-state index contributed by atoms with van der Waals surface area (Å²) in [7, 11) is 1.75. The molecule has 0 saturated carbocycles. The Balaban J connectivity index is 1.99. The molecule has 0 spiro atoms. The van der Waals surface area contributed by atoms with Crippen molar-refractivity contribution in [2.75, 3.05) is 0 Å². The van der Waals surface area contributed by atoms with Gasteiger partial charge in [-0.25, -0.2) is 4.79 Å². The molecule has 2 heterocycles. The van der Waals surface area contributed by atoms with Gasteiger partial charge in [-0.3, -0.25) is 24.0 Å². The van der Waals surface area contributed by atoms with E-state index in [1.165, 1.54) is 24.8 Å². The first kappa shape index (κ1) is 20.4. The molecule has 2 amide bonds. The van der Waals surface area contributed by atoms with E-state index in [-0.39, 0.29) is 18.0 Å². The second-order valence-electron chi connectivity index (χ2n) is 7.91. The summed E-state index contributed by atoms with van der Waals surface area (Å²) in [5, 5.41) is 2.36. The van der Waals surface area contributed by atoms with Crippen molar-refractivity contribution in [1.82, 2.24) is 14.5 Å². The largest absolute Gasteiger partial charge is 0.329 e. The fraction of sp³-hybridized carbons (Fsp3) is 0.591. The van der Waals surface area contributed by atoms with Gasteiger partial charge in [-0.05, 0) is 42.9 Å². The highest BCUT2D eigenvalue weighted by atomic mass is 16.2. The third kappa shape index (κ3) is 3.91. The van der Waals surface area contributed by atoms with Gasteiger partial charge < -0.3 is 0 Å². The summed E-state index contributed by atoms with van der Waals surface area (Å²) in [6.07, 6.45) is 7.72. The van der Waals surface area contributed by atoms with Crippen molar-refractivity contribution >= 4 is 22.8 Å². The molecule has 1 aliphatic rings. The first-order valence-electron chi connectivity index (χ1n) is 10.5. The van der Waals surface area contributed by atoms with Crippen LogP contribution in [0.1, 0.15) is 82.7 Å². The monoisotopic (exact) mass is 385 g/mol. The van der Waals surface area contributed by atoms with Gasteiger partial charge in [0.2, 0.25) is 11.8 Å². The molecule has 0 aliphatic carbocycles. The van der Waals surface area contributed by atoms with Crippen LogP contribution in [0.2, 0.25) is 0 Å². The Morgan fingerprint density at radius 2 is 1.86 bits per heavy atom. The summed E-state index contributed by atoms with van der Waals surface area (Å²) in [5.41, 5.74) is 2.67. The smallest absolute Gasteiger partial charge is 0.295 e. The molecular formula is C22H31N3O3. The number of hydrogen-bond donors (Lipinski definition) is 1. The molecule has 3 rings (SSSR count). The Morgan fingerprint density at radius 3 is 2.54 bits per heavy atom. The van der Waals surface area contributed by atoms with Crippen molar-refractivity contribution < 1.29 is 9.59 Å². The zero-order chi connectivity index (χ0) is 20.3. The zero-order valence-corrected chi connectivity index (χ0v) is 17.2. The van der Waals surface area contributed by atoms with Crippen LogP contribution in [0.5, 0.6) is 0 Å². The van der Waals surface area contributed by atoms with E-state index < -0.39 is 11.9 Å². The third-order valence-electron chi connectivity index (χ3n) is 5.90. The van der Waals surface area contributed by atoms with Crippen LogP contribution >= 0.6 is 0 Å². The Morgan fingerprint density at radius 1 is 1.07 bits per heavy atom. The van der Waals surface area contributed by atoms with Gasteiger partial charge >= 0.3 is 5.69 Å². The summed E-state index contributed by atoms with van der Waals surface area (Å²) in [6.45, 7) is 4.43. The average molecular weight is 386 g/mol. The van der Waals surface area contributed by atoms with Crippen LogP contribution in [0, 0.1) is 0 Å². The van der Waals surface area contributed by atoms with Crippen molar-refractivity contribution in [2.45, 2.75) is 77.2 Å². The second-order valence-corrected chi connectivity index (χ2v) is 7.91. The first-order valence-corrected chi connectivity index (χ1v) is 10.5. The molecule has 1 aliphatic heterocycles. The lowest BCUT2D eigenvalue weighted by atomic mass is 9.89. The number of aromatic nitrogens is 2. The van der Waals surface area contributed by atoms with Crippen LogP contribution in [0.25, 0.3) is 11.0 Å². The number of imide groups is 1. The summed E-state index contributed by atoms with van der Waals surface area (Å²) in [6, 6.07) is 5.57. The van der Waals surface area contributed by atoms with E-state index in [2.05, 4.69) is 31.3 Å². The standard InChI is InChI=1S/C22H31N3O3/c1-4-6-7-9-15(8-5-2)16-10-11-17-19(14-16)24(3)22(28)25(17)18-12-13-20(26)23-21(18)27/h10-11,14-15,18H,4-9,12-13H2,1-3H3,(H,23,26,27). The summed E-state index contributed by atoms with van der Waals surface area (Å²) in [4.78, 5) is 36.7. The molecule has 6 nitrogen and oxygen atoms in total. The highest BCUT2D eigenvalue weighted by Crippen LogP contribution is 2.31. The molecule has 1 aromatic heterocycles. The van der Waals surface area contributed by atoms with Crippen molar-refractivity contribution in [3.05, 3.63) is 34.2 Å². The number of nitrogens with one attached hydrogen (secondary N) is 1. The van der Waals surface area contributed by atoms with E-state index in [4.69, 9.17) is 0 Å². The molecule has 1 aromatic carbocycles. The van der Waals surface area contributed by atoms with Crippen molar-refractivity contribution in [2.24, 2.45) is 7.05 Å². The fourth-order valence-electron chi connectivity index (χ4n) is 4.33. The number of piperidine rings is 1. The van der Waals surface area contributed by atoms with Crippen LogP contribution in [-0.4, -0.2) is 20.9 Å². The minimum Gasteiger partial charge on any atom is -0.295 e. The van der Waals surface area contributed by atoms with Crippen molar-refractivity contribution in [3.63, 3.8) is 0 Å². The number of unbranched alkanes of at least 4 members (excludes halogenated alkanes) is 2. The van der Waals surface area contributed by atoms with Crippen molar-refractivity contribution in [3.8, 4) is 0 Å². The van der Waals surface area contributed by atoms with Crippen molar-refractivity contribution in [1.29, 1.82) is 0 Å². The molecule has 6 heteroatoms. The maximum absolute atomic E-state index is 12.9. The van der Waals surface area contributed by atoms with Gasteiger partial charge in [0.05, 0.1) is 11.0 Å². The average Bonchev–Trinajstić information content (AvgIpc) is 2.92. The molecule has 2 unspecified atom stereocenters. The fourth-order valence-corrected chi connectivity index (χ4v) is 4.33. The maximum Gasteiger partial charge on any atom is 0.329 e.